The van der Waals surface area contributed by atoms with E-state index in [1.54, 1.807) is 55.6 Å². The van der Waals surface area contributed by atoms with Crippen molar-refractivity contribution in [2.24, 2.45) is 5.73 Å². The molecule has 7 nitrogen and oxygen atoms in total. The van der Waals surface area contributed by atoms with Crippen molar-refractivity contribution in [3.05, 3.63) is 59.7 Å². The predicted molar refractivity (Wildman–Crippen MR) is 108 cm³/mol. The zero-order valence-electron chi connectivity index (χ0n) is 15.9. The SMILES string of the molecule is COc1ccc(C(=O)CCCC(=O)Nc2ccccc2C(=O)NCCN)cc1. The van der Waals surface area contributed by atoms with Crippen molar-refractivity contribution in [1.82, 2.24) is 5.32 Å². The van der Waals surface area contributed by atoms with Gasteiger partial charge in [0.1, 0.15) is 5.75 Å². The van der Waals surface area contributed by atoms with Crippen LogP contribution in [-0.2, 0) is 4.79 Å². The van der Waals surface area contributed by atoms with E-state index >= 15 is 0 Å². The van der Waals surface area contributed by atoms with Gasteiger partial charge in [0.15, 0.2) is 5.78 Å². The number of carbonyl (C=O) groups is 3. The van der Waals surface area contributed by atoms with Gasteiger partial charge in [0.2, 0.25) is 5.91 Å². The maximum Gasteiger partial charge on any atom is 0.253 e. The van der Waals surface area contributed by atoms with Gasteiger partial charge in [-0.15, -0.1) is 0 Å². The van der Waals surface area contributed by atoms with Crippen LogP contribution in [0.1, 0.15) is 40.0 Å². The second kappa shape index (κ2) is 10.8. The Morgan fingerprint density at radius 1 is 1.00 bits per heavy atom. The molecule has 2 aromatic carbocycles. The Labute approximate surface area is 164 Å². The molecule has 0 unspecified atom stereocenters. The van der Waals surface area contributed by atoms with E-state index in [-0.39, 0.29) is 30.4 Å². The second-order valence-corrected chi connectivity index (χ2v) is 6.14. The molecular weight excluding hydrogens is 358 g/mol. The van der Waals surface area contributed by atoms with Crippen LogP contribution >= 0.6 is 0 Å². The monoisotopic (exact) mass is 383 g/mol. The molecule has 148 valence electrons. The summed E-state index contributed by atoms with van der Waals surface area (Å²) in [5, 5.41) is 5.42. The van der Waals surface area contributed by atoms with Crippen LogP contribution in [0.3, 0.4) is 0 Å². The summed E-state index contributed by atoms with van der Waals surface area (Å²) >= 11 is 0. The van der Waals surface area contributed by atoms with Crippen molar-refractivity contribution in [3.8, 4) is 5.75 Å². The highest BCUT2D eigenvalue weighted by Crippen LogP contribution is 2.17. The third-order valence-corrected chi connectivity index (χ3v) is 4.10. The minimum atomic E-state index is -0.295. The van der Waals surface area contributed by atoms with Gasteiger partial charge in [-0.25, -0.2) is 0 Å². The number of para-hydroxylation sites is 1. The average Bonchev–Trinajstić information content (AvgIpc) is 2.72. The smallest absolute Gasteiger partial charge is 0.253 e. The molecule has 2 aromatic rings. The standard InChI is InChI=1S/C21H25N3O4/c1-28-16-11-9-15(10-12-16)19(25)7-4-8-20(26)24-18-6-3-2-5-17(18)21(27)23-14-13-22/h2-3,5-6,9-12H,4,7-8,13-14,22H2,1H3,(H,23,27)(H,24,26). The molecule has 2 rings (SSSR count). The summed E-state index contributed by atoms with van der Waals surface area (Å²) in [5.74, 6) is 0.111. The Morgan fingerprint density at radius 3 is 2.39 bits per heavy atom. The van der Waals surface area contributed by atoms with Crippen molar-refractivity contribution < 1.29 is 19.1 Å². The van der Waals surface area contributed by atoms with E-state index in [1.807, 2.05) is 0 Å². The maximum atomic E-state index is 12.2. The number of ketones is 1. The number of nitrogens with two attached hydrogens (primary N) is 1. The van der Waals surface area contributed by atoms with Gasteiger partial charge in [-0.3, -0.25) is 14.4 Å². The highest BCUT2D eigenvalue weighted by molar-refractivity contribution is 6.04. The predicted octanol–water partition coefficient (Wildman–Crippen LogP) is 2.38. The lowest BCUT2D eigenvalue weighted by molar-refractivity contribution is -0.116. The Bertz CT molecular complexity index is 819. The Hall–Kier alpha value is -3.19. The molecule has 0 radical (unpaired) electrons. The van der Waals surface area contributed by atoms with Crippen LogP contribution in [0, 0.1) is 0 Å². The Morgan fingerprint density at radius 2 is 1.71 bits per heavy atom. The van der Waals surface area contributed by atoms with Crippen LogP contribution in [0.2, 0.25) is 0 Å². The number of Topliss-reactive ketones (excluding diaryl/α,β-unsaturated/α-hetero) is 1. The van der Waals surface area contributed by atoms with Gasteiger partial charge < -0.3 is 21.1 Å². The molecule has 0 spiro atoms. The van der Waals surface area contributed by atoms with E-state index in [9.17, 15) is 14.4 Å². The number of hydrogen-bond donors (Lipinski definition) is 3. The fraction of sp³-hybridized carbons (Fsp3) is 0.286. The van der Waals surface area contributed by atoms with Crippen molar-refractivity contribution in [1.29, 1.82) is 0 Å². The minimum absolute atomic E-state index is 0.0305. The van der Waals surface area contributed by atoms with Gasteiger partial charge in [-0.2, -0.15) is 0 Å². The van der Waals surface area contributed by atoms with Gasteiger partial charge >= 0.3 is 0 Å². The summed E-state index contributed by atoms with van der Waals surface area (Å²) in [4.78, 5) is 36.5. The number of rotatable bonds is 10. The largest absolute Gasteiger partial charge is 0.497 e. The van der Waals surface area contributed by atoms with E-state index in [0.29, 0.717) is 42.1 Å². The first-order chi connectivity index (χ1) is 13.5. The Balaban J connectivity index is 1.85. The van der Waals surface area contributed by atoms with E-state index in [1.165, 1.54) is 0 Å². The summed E-state index contributed by atoms with van der Waals surface area (Å²) in [6, 6.07) is 13.6. The maximum absolute atomic E-state index is 12.2. The van der Waals surface area contributed by atoms with Crippen LogP contribution in [0.25, 0.3) is 0 Å². The number of nitrogens with one attached hydrogen (secondary N) is 2. The number of amides is 2. The molecule has 28 heavy (non-hydrogen) atoms. The summed E-state index contributed by atoms with van der Waals surface area (Å²) in [6.45, 7) is 0.692. The minimum Gasteiger partial charge on any atom is -0.497 e. The van der Waals surface area contributed by atoms with Gasteiger partial charge in [0, 0.05) is 31.5 Å². The topological polar surface area (TPSA) is 111 Å². The number of anilines is 1. The van der Waals surface area contributed by atoms with E-state index in [2.05, 4.69) is 10.6 Å². The molecule has 0 aromatic heterocycles. The number of ether oxygens (including phenoxy) is 1. The summed E-state index contributed by atoms with van der Waals surface area (Å²) < 4.78 is 5.07. The average molecular weight is 383 g/mol. The first-order valence-electron chi connectivity index (χ1n) is 9.09. The van der Waals surface area contributed by atoms with E-state index < -0.39 is 0 Å². The number of benzene rings is 2. The van der Waals surface area contributed by atoms with Crippen LogP contribution < -0.4 is 21.1 Å². The van der Waals surface area contributed by atoms with Gasteiger partial charge in [0.05, 0.1) is 18.4 Å². The molecule has 0 aliphatic heterocycles. The molecular formula is C21H25N3O4. The number of methoxy groups -OCH3 is 1. The fourth-order valence-electron chi connectivity index (χ4n) is 2.61. The fourth-order valence-corrected chi connectivity index (χ4v) is 2.61. The van der Waals surface area contributed by atoms with Crippen molar-refractivity contribution in [3.63, 3.8) is 0 Å². The molecule has 0 saturated heterocycles. The lowest BCUT2D eigenvalue weighted by atomic mass is 10.1. The molecule has 0 atom stereocenters. The van der Waals surface area contributed by atoms with E-state index in [4.69, 9.17) is 10.5 Å². The normalized spacial score (nSPS) is 10.2. The van der Waals surface area contributed by atoms with E-state index in [0.717, 1.165) is 0 Å². The lowest BCUT2D eigenvalue weighted by Crippen LogP contribution is -2.29. The zero-order chi connectivity index (χ0) is 20.4. The molecule has 0 aliphatic rings. The first-order valence-corrected chi connectivity index (χ1v) is 9.09. The molecule has 0 saturated carbocycles. The summed E-state index contributed by atoms with van der Waals surface area (Å²) in [7, 11) is 1.56. The van der Waals surface area contributed by atoms with Crippen molar-refractivity contribution >= 4 is 23.3 Å². The molecule has 4 N–H and O–H groups in total. The third kappa shape index (κ3) is 6.21. The van der Waals surface area contributed by atoms with Crippen molar-refractivity contribution in [2.75, 3.05) is 25.5 Å². The lowest BCUT2D eigenvalue weighted by Gasteiger charge is -2.11. The first kappa shape index (κ1) is 21.1. The Kier molecular flexibility index (Phi) is 8.17. The highest BCUT2D eigenvalue weighted by Gasteiger charge is 2.13. The molecule has 7 heteroatoms. The molecule has 0 aliphatic carbocycles. The second-order valence-electron chi connectivity index (χ2n) is 6.14. The van der Waals surface area contributed by atoms with Crippen LogP contribution in [0.5, 0.6) is 5.75 Å². The van der Waals surface area contributed by atoms with Gasteiger partial charge in [-0.1, -0.05) is 12.1 Å². The summed E-state index contributed by atoms with van der Waals surface area (Å²) in [5.41, 5.74) is 6.78. The van der Waals surface area contributed by atoms with Gasteiger partial charge in [-0.05, 0) is 42.8 Å². The molecule has 2 amide bonds. The number of hydrogen-bond acceptors (Lipinski definition) is 5. The molecule has 0 fully saturated rings. The van der Waals surface area contributed by atoms with Crippen LogP contribution in [-0.4, -0.2) is 37.8 Å². The molecule has 0 bridgehead atoms. The zero-order valence-corrected chi connectivity index (χ0v) is 15.9. The molecule has 0 heterocycles. The highest BCUT2D eigenvalue weighted by atomic mass is 16.5. The number of carbonyl (C=O) groups excluding carboxylic acids is 3. The summed E-state index contributed by atoms with van der Waals surface area (Å²) in [6.07, 6.45) is 0.858. The van der Waals surface area contributed by atoms with Crippen LogP contribution in [0.4, 0.5) is 5.69 Å². The quantitative estimate of drug-likeness (QED) is 0.546. The van der Waals surface area contributed by atoms with Crippen LogP contribution in [0.15, 0.2) is 48.5 Å². The van der Waals surface area contributed by atoms with Gasteiger partial charge in [0.25, 0.3) is 5.91 Å². The van der Waals surface area contributed by atoms with Crippen molar-refractivity contribution in [2.45, 2.75) is 19.3 Å². The third-order valence-electron chi connectivity index (χ3n) is 4.10.